The van der Waals surface area contributed by atoms with E-state index >= 15 is 0 Å². The van der Waals surface area contributed by atoms with Crippen molar-refractivity contribution in [3.63, 3.8) is 0 Å². The first-order chi connectivity index (χ1) is 18.3. The van der Waals surface area contributed by atoms with E-state index < -0.39 is 17.1 Å². The van der Waals surface area contributed by atoms with Gasteiger partial charge in [-0.05, 0) is 71.9 Å². The molecule has 0 unspecified atom stereocenters. The minimum Gasteiger partial charge on any atom is -0.497 e. The summed E-state index contributed by atoms with van der Waals surface area (Å²) in [6.07, 6.45) is 1.52. The Hall–Kier alpha value is -3.66. The van der Waals surface area contributed by atoms with Gasteiger partial charge < -0.3 is 18.9 Å². The third-order valence-corrected chi connectivity index (χ3v) is 6.85. The number of carbonyl (C=O) groups excluding carboxylic acids is 3. The Kier molecular flexibility index (Phi) is 8.83. The smallest absolute Gasteiger partial charge is 0.343 e. The molecule has 1 aliphatic rings. The lowest BCUT2D eigenvalue weighted by Crippen LogP contribution is -2.32. The summed E-state index contributed by atoms with van der Waals surface area (Å²) in [5.74, 6) is 0.161. The Morgan fingerprint density at radius 1 is 0.947 bits per heavy atom. The van der Waals surface area contributed by atoms with Gasteiger partial charge in [0.05, 0.1) is 41.3 Å². The number of ether oxygens (including phenoxy) is 4. The highest BCUT2D eigenvalue weighted by atomic mass is 35.5. The van der Waals surface area contributed by atoms with Crippen molar-refractivity contribution in [3.05, 3.63) is 86.7 Å². The molecule has 4 rings (SSSR count). The molecule has 3 aromatic rings. The Balaban J connectivity index is 1.46. The maximum atomic E-state index is 12.9. The SMILES string of the molecule is COc1ccc(C(=O)Oc2c(Cl)cc(/C=C3\SC(=O)N(CCOc4ccccc4Cl)C3=O)cc2OC)cc1. The van der Waals surface area contributed by atoms with E-state index in [0.29, 0.717) is 27.6 Å². The fraction of sp³-hybridized carbons (Fsp3) is 0.148. The average molecular weight is 574 g/mol. The molecule has 11 heteroatoms. The van der Waals surface area contributed by atoms with Crippen molar-refractivity contribution >= 4 is 58.2 Å². The summed E-state index contributed by atoms with van der Waals surface area (Å²) in [5.41, 5.74) is 0.772. The van der Waals surface area contributed by atoms with Crippen molar-refractivity contribution in [1.29, 1.82) is 0 Å². The van der Waals surface area contributed by atoms with E-state index in [1.54, 1.807) is 54.6 Å². The van der Waals surface area contributed by atoms with Crippen molar-refractivity contribution < 1.29 is 33.3 Å². The number of imide groups is 1. The monoisotopic (exact) mass is 573 g/mol. The molecule has 38 heavy (non-hydrogen) atoms. The number of hydrogen-bond donors (Lipinski definition) is 0. The fourth-order valence-corrected chi connectivity index (χ4v) is 4.77. The maximum absolute atomic E-state index is 12.9. The molecule has 1 fully saturated rings. The standard InChI is InChI=1S/C27H21Cl2NO7S/c1-34-18-9-7-17(8-10-18)26(32)37-24-20(29)13-16(14-22(24)35-2)15-23-25(31)30(27(33)38-23)11-12-36-21-6-4-3-5-19(21)28/h3-10,13-15H,11-12H2,1-2H3/b23-15-. The van der Waals surface area contributed by atoms with Crippen LogP contribution in [-0.2, 0) is 4.79 Å². The van der Waals surface area contributed by atoms with Gasteiger partial charge in [0.2, 0.25) is 0 Å². The molecule has 8 nitrogen and oxygen atoms in total. The molecule has 0 bridgehead atoms. The molecule has 0 N–H and O–H groups in total. The minimum atomic E-state index is -0.638. The van der Waals surface area contributed by atoms with Crippen molar-refractivity contribution in [2.24, 2.45) is 0 Å². The van der Waals surface area contributed by atoms with Gasteiger partial charge in [0.15, 0.2) is 11.5 Å². The molecule has 1 aliphatic heterocycles. The quantitative estimate of drug-likeness (QED) is 0.166. The summed E-state index contributed by atoms with van der Waals surface area (Å²) in [4.78, 5) is 39.2. The predicted octanol–water partition coefficient (Wildman–Crippen LogP) is 6.35. The Morgan fingerprint density at radius 3 is 2.37 bits per heavy atom. The lowest BCUT2D eigenvalue weighted by atomic mass is 10.1. The van der Waals surface area contributed by atoms with E-state index in [-0.39, 0.29) is 34.6 Å². The predicted molar refractivity (Wildman–Crippen MR) is 146 cm³/mol. The van der Waals surface area contributed by atoms with Crippen LogP contribution in [-0.4, -0.2) is 49.4 Å². The second-order valence-corrected chi connectivity index (χ2v) is 9.57. The molecule has 0 aromatic heterocycles. The number of esters is 1. The summed E-state index contributed by atoms with van der Waals surface area (Å²) < 4.78 is 21.5. The molecule has 0 aliphatic carbocycles. The van der Waals surface area contributed by atoms with E-state index in [2.05, 4.69) is 0 Å². The highest BCUT2D eigenvalue weighted by Gasteiger charge is 2.35. The summed E-state index contributed by atoms with van der Waals surface area (Å²) in [6.45, 7) is 0.139. The molecule has 0 spiro atoms. The van der Waals surface area contributed by atoms with Crippen LogP contribution in [0.5, 0.6) is 23.0 Å². The van der Waals surface area contributed by atoms with Gasteiger partial charge >= 0.3 is 5.97 Å². The molecular weight excluding hydrogens is 553 g/mol. The molecule has 3 aromatic carbocycles. The van der Waals surface area contributed by atoms with Gasteiger partial charge in [-0.25, -0.2) is 4.79 Å². The Morgan fingerprint density at radius 2 is 1.68 bits per heavy atom. The maximum Gasteiger partial charge on any atom is 0.343 e. The van der Waals surface area contributed by atoms with Crippen LogP contribution in [0.2, 0.25) is 10.0 Å². The number of amides is 2. The number of hydrogen-bond acceptors (Lipinski definition) is 8. The largest absolute Gasteiger partial charge is 0.497 e. The van der Waals surface area contributed by atoms with Crippen LogP contribution < -0.4 is 18.9 Å². The number of benzene rings is 3. The molecule has 0 radical (unpaired) electrons. The van der Waals surface area contributed by atoms with Crippen molar-refractivity contribution in [2.45, 2.75) is 0 Å². The summed E-state index contributed by atoms with van der Waals surface area (Å²) in [7, 11) is 2.92. The Labute approximate surface area is 233 Å². The molecule has 0 atom stereocenters. The number of thioether (sulfide) groups is 1. The van der Waals surface area contributed by atoms with Gasteiger partial charge in [-0.2, -0.15) is 0 Å². The zero-order valence-corrected chi connectivity index (χ0v) is 22.6. The lowest BCUT2D eigenvalue weighted by molar-refractivity contribution is -0.123. The van der Waals surface area contributed by atoms with Crippen LogP contribution in [0.4, 0.5) is 4.79 Å². The Bertz CT molecular complexity index is 1410. The second kappa shape index (κ2) is 12.3. The van der Waals surface area contributed by atoms with Gasteiger partial charge in [-0.15, -0.1) is 0 Å². The first-order valence-electron chi connectivity index (χ1n) is 11.2. The first-order valence-corrected chi connectivity index (χ1v) is 12.7. The second-order valence-electron chi connectivity index (χ2n) is 7.76. The number of nitrogens with zero attached hydrogens (tertiary/aromatic N) is 1. The van der Waals surface area contributed by atoms with E-state index in [9.17, 15) is 14.4 Å². The van der Waals surface area contributed by atoms with Crippen LogP contribution in [0, 0.1) is 0 Å². The minimum absolute atomic E-state index is 0.0250. The van der Waals surface area contributed by atoms with Gasteiger partial charge in [-0.3, -0.25) is 14.5 Å². The van der Waals surface area contributed by atoms with Crippen molar-refractivity contribution in [1.82, 2.24) is 4.90 Å². The number of methoxy groups -OCH3 is 2. The van der Waals surface area contributed by atoms with Crippen molar-refractivity contribution in [2.75, 3.05) is 27.4 Å². The van der Waals surface area contributed by atoms with Crippen LogP contribution in [0.3, 0.4) is 0 Å². The van der Waals surface area contributed by atoms with Crippen LogP contribution in [0.15, 0.2) is 65.6 Å². The molecule has 1 heterocycles. The first kappa shape index (κ1) is 27.4. The third-order valence-electron chi connectivity index (χ3n) is 5.35. The van der Waals surface area contributed by atoms with Crippen LogP contribution in [0.25, 0.3) is 6.08 Å². The van der Waals surface area contributed by atoms with Gasteiger partial charge in [0.1, 0.15) is 18.1 Å². The number of halogens is 2. The van der Waals surface area contributed by atoms with E-state index in [1.165, 1.54) is 26.4 Å². The van der Waals surface area contributed by atoms with Gasteiger partial charge in [0.25, 0.3) is 11.1 Å². The van der Waals surface area contributed by atoms with E-state index in [4.69, 9.17) is 42.1 Å². The highest BCUT2D eigenvalue weighted by molar-refractivity contribution is 8.18. The summed E-state index contributed by atoms with van der Waals surface area (Å²) in [6, 6.07) is 16.4. The third kappa shape index (κ3) is 6.24. The lowest BCUT2D eigenvalue weighted by Gasteiger charge is -2.14. The topological polar surface area (TPSA) is 91.4 Å². The van der Waals surface area contributed by atoms with Crippen molar-refractivity contribution in [3.8, 4) is 23.0 Å². The number of rotatable bonds is 9. The van der Waals surface area contributed by atoms with Gasteiger partial charge in [0, 0.05) is 0 Å². The normalized spacial score (nSPS) is 14.1. The van der Waals surface area contributed by atoms with Crippen LogP contribution >= 0.6 is 35.0 Å². The number of para-hydroxylation sites is 1. The summed E-state index contributed by atoms with van der Waals surface area (Å²) in [5, 5.41) is 0.0995. The molecule has 1 saturated heterocycles. The number of carbonyl (C=O) groups is 3. The molecular formula is C27H21Cl2NO7S. The zero-order valence-electron chi connectivity index (χ0n) is 20.2. The zero-order chi connectivity index (χ0) is 27.2. The molecule has 196 valence electrons. The van der Waals surface area contributed by atoms with Gasteiger partial charge in [-0.1, -0.05) is 35.3 Å². The fourth-order valence-electron chi connectivity index (χ4n) is 3.45. The highest BCUT2D eigenvalue weighted by Crippen LogP contribution is 2.39. The van der Waals surface area contributed by atoms with E-state index in [0.717, 1.165) is 16.7 Å². The molecule has 2 amide bonds. The van der Waals surface area contributed by atoms with Crippen LogP contribution in [0.1, 0.15) is 15.9 Å². The summed E-state index contributed by atoms with van der Waals surface area (Å²) >= 11 is 13.3. The van der Waals surface area contributed by atoms with E-state index in [1.807, 2.05) is 0 Å². The molecule has 0 saturated carbocycles. The average Bonchev–Trinajstić information content (AvgIpc) is 3.18.